The van der Waals surface area contributed by atoms with Crippen molar-refractivity contribution < 1.29 is 70.4 Å². The first-order valence-electron chi connectivity index (χ1n) is 19.3. The molecule has 0 unspecified atom stereocenters. The Labute approximate surface area is 386 Å². The number of benzene rings is 2. The summed E-state index contributed by atoms with van der Waals surface area (Å²) in [6.07, 6.45) is 4.80. The maximum atomic E-state index is 14.5. The van der Waals surface area contributed by atoms with E-state index in [1.165, 1.54) is 32.4 Å². The number of nitrogens with one attached hydrogen (secondary N) is 2. The first-order valence-corrected chi connectivity index (χ1v) is 23.7. The van der Waals surface area contributed by atoms with Crippen molar-refractivity contribution >= 4 is 93.3 Å². The zero-order chi connectivity index (χ0) is 48.2. The topological polar surface area (TPSA) is 287 Å². The van der Waals surface area contributed by atoms with Crippen molar-refractivity contribution in [2.24, 2.45) is 0 Å². The smallest absolute Gasteiger partial charge is 0.344 e. The molecule has 0 bridgehead atoms. The van der Waals surface area contributed by atoms with Gasteiger partial charge in [0.25, 0.3) is 32.8 Å². The first kappa shape index (κ1) is 52.5. The van der Waals surface area contributed by atoms with Gasteiger partial charge in [-0.05, 0) is 56.7 Å². The number of sulfonamides is 1. The van der Waals surface area contributed by atoms with Gasteiger partial charge in [0, 0.05) is 17.2 Å². The van der Waals surface area contributed by atoms with Gasteiger partial charge in [0.2, 0.25) is 11.8 Å². The molecule has 1 aliphatic carbocycles. The van der Waals surface area contributed by atoms with Crippen LogP contribution in [-0.4, -0.2) is 107 Å². The Morgan fingerprint density at radius 1 is 0.969 bits per heavy atom. The van der Waals surface area contributed by atoms with Gasteiger partial charge in [0.1, 0.15) is 11.6 Å². The number of aryl methyl sites for hydroxylation is 1. The highest BCUT2D eigenvalue weighted by molar-refractivity contribution is 7.92. The Balaban J connectivity index is 0.000000237. The van der Waals surface area contributed by atoms with E-state index < -0.39 is 71.8 Å². The lowest BCUT2D eigenvalue weighted by atomic mass is 9.93. The van der Waals surface area contributed by atoms with Gasteiger partial charge >= 0.3 is 19.5 Å². The summed E-state index contributed by atoms with van der Waals surface area (Å²) in [5.74, 6) is -3.16. The molecule has 0 atom stereocenters. The lowest BCUT2D eigenvalue weighted by Crippen LogP contribution is -2.32. The second-order valence-electron chi connectivity index (χ2n) is 13.8. The average molecular weight is 1010 g/mol. The highest BCUT2D eigenvalue weighted by Gasteiger charge is 2.41. The molecule has 6 rings (SSSR count). The fourth-order valence-corrected chi connectivity index (χ4v) is 8.03. The van der Waals surface area contributed by atoms with Gasteiger partial charge in [0.05, 0.1) is 66.2 Å². The van der Waals surface area contributed by atoms with Gasteiger partial charge in [0.15, 0.2) is 6.61 Å². The summed E-state index contributed by atoms with van der Waals surface area (Å²) in [6, 6.07) is 6.80. The van der Waals surface area contributed by atoms with Crippen molar-refractivity contribution in [3.63, 3.8) is 0 Å². The van der Waals surface area contributed by atoms with E-state index in [4.69, 9.17) is 68.6 Å². The van der Waals surface area contributed by atoms with Crippen LogP contribution in [-0.2, 0) is 38.5 Å². The summed E-state index contributed by atoms with van der Waals surface area (Å²) < 4.78 is 74.0. The van der Waals surface area contributed by atoms with E-state index in [1.54, 1.807) is 13.0 Å². The van der Waals surface area contributed by atoms with E-state index in [2.05, 4.69) is 25.1 Å². The third-order valence-corrected chi connectivity index (χ3v) is 11.9. The van der Waals surface area contributed by atoms with Gasteiger partial charge in [-0.3, -0.25) is 29.0 Å². The third-order valence-electron chi connectivity index (χ3n) is 9.00. The number of anilines is 2. The van der Waals surface area contributed by atoms with E-state index in [-0.39, 0.29) is 49.7 Å². The van der Waals surface area contributed by atoms with E-state index in [0.29, 0.717) is 36.2 Å². The molecule has 1 aliphatic heterocycles. The van der Waals surface area contributed by atoms with Gasteiger partial charge in [-0.15, -0.1) is 5.10 Å². The molecule has 2 aromatic carbocycles. The number of nitrogens with zero attached hydrogens (tertiary/aromatic N) is 5. The number of hydrogen-bond acceptors (Lipinski definition) is 15. The zero-order valence-corrected chi connectivity index (χ0v) is 39.1. The lowest BCUT2D eigenvalue weighted by Gasteiger charge is -2.18. The van der Waals surface area contributed by atoms with Crippen molar-refractivity contribution in [3.05, 3.63) is 67.9 Å². The van der Waals surface area contributed by atoms with E-state index in [1.807, 2.05) is 6.92 Å². The number of fused-ring (bicyclic) bond motifs is 1. The number of methoxy groups -OCH3 is 2. The van der Waals surface area contributed by atoms with Crippen LogP contribution in [0.15, 0.2) is 46.6 Å². The highest BCUT2D eigenvalue weighted by atomic mass is 35.5. The minimum absolute atomic E-state index is 0.000883. The molecule has 0 saturated heterocycles. The standard InChI is InChI=1S/C21H23ClFNO5.C14H13Cl2N5O4S.C3H8NO5P/c1-2-3-6-9-28-19(25)12-29-18-11-17(16(23)10-15(18)22)24-20(26)13-7-4-5-8-14(13)21(24)27;1-7-4-5-8(15)12(11(7)16)20-26(22,23)14-18-13-17-9(24-2)6-10(25-3)21(13)19-14;5-3(6)1-4-2-10(7,8)9/h10-11H,2-9,12H2,1H3;4-6,20H,1-3H3;4H,1-2H2,(H,5,6)(H2,7,8,9). The third kappa shape index (κ3) is 14.2. The predicted octanol–water partition coefficient (Wildman–Crippen LogP) is 5.69. The van der Waals surface area contributed by atoms with Crippen molar-refractivity contribution in [1.29, 1.82) is 0 Å². The SMILES string of the molecule is CCCCCOC(=O)COc1cc(N2C(=O)C3=C(CCCC3)C2=O)c(F)cc1Cl.COc1cc(OC)n2nc(S(=O)(=O)Nc3c(Cl)ccc(C)c3Cl)nc2n1.O=C(O)CNCP(=O)(O)O. The number of amides is 2. The van der Waals surface area contributed by atoms with E-state index in [9.17, 15) is 36.6 Å². The summed E-state index contributed by atoms with van der Waals surface area (Å²) in [6.45, 7) is 3.21. The quantitative estimate of drug-likeness (QED) is 0.0367. The summed E-state index contributed by atoms with van der Waals surface area (Å²) in [5.41, 5.74) is 1.38. The van der Waals surface area contributed by atoms with Crippen molar-refractivity contribution in [1.82, 2.24) is 24.9 Å². The van der Waals surface area contributed by atoms with Gasteiger partial charge in [-0.1, -0.05) is 60.6 Å². The van der Waals surface area contributed by atoms with Crippen LogP contribution in [0.3, 0.4) is 0 Å². The molecular formula is C38H44Cl3FN7O14PS. The summed E-state index contributed by atoms with van der Waals surface area (Å²) in [7, 11) is -5.47. The number of unbranched alkanes of at least 4 members (excludes halogenated alkanes) is 2. The molecule has 3 heterocycles. The molecule has 0 fully saturated rings. The molecule has 2 aromatic heterocycles. The molecule has 0 radical (unpaired) electrons. The van der Waals surface area contributed by atoms with Crippen LogP contribution in [0, 0.1) is 12.7 Å². The Hall–Kier alpha value is -5.13. The van der Waals surface area contributed by atoms with Crippen molar-refractivity contribution in [3.8, 4) is 17.5 Å². The van der Waals surface area contributed by atoms with Crippen LogP contribution in [0.5, 0.6) is 17.5 Å². The Kier molecular flexibility index (Phi) is 18.9. The van der Waals surface area contributed by atoms with Gasteiger partial charge < -0.3 is 33.8 Å². The number of halogens is 4. The van der Waals surface area contributed by atoms with Gasteiger partial charge in [-0.25, -0.2) is 14.1 Å². The largest absolute Gasteiger partial charge is 0.481 e. The number of rotatable bonds is 17. The van der Waals surface area contributed by atoms with Crippen LogP contribution < -0.4 is 29.1 Å². The number of aromatic nitrogens is 4. The zero-order valence-electron chi connectivity index (χ0n) is 35.1. The first-order chi connectivity index (χ1) is 30.6. The molecule has 2 amide bonds. The predicted molar refractivity (Wildman–Crippen MR) is 234 cm³/mol. The summed E-state index contributed by atoms with van der Waals surface area (Å²) in [4.78, 5) is 72.1. The maximum Gasteiger partial charge on any atom is 0.344 e. The monoisotopic (exact) mass is 1010 g/mol. The minimum atomic E-state index is -4.18. The molecule has 0 saturated carbocycles. The maximum absolute atomic E-state index is 14.5. The van der Waals surface area contributed by atoms with Crippen LogP contribution in [0.1, 0.15) is 57.4 Å². The molecule has 5 N–H and O–H groups in total. The van der Waals surface area contributed by atoms with Crippen LogP contribution in [0.4, 0.5) is 15.8 Å². The molecule has 2 aliphatic rings. The number of ether oxygens (including phenoxy) is 4. The number of aliphatic carboxylic acids is 1. The summed E-state index contributed by atoms with van der Waals surface area (Å²) >= 11 is 18.2. The Morgan fingerprint density at radius 2 is 1.63 bits per heavy atom. The number of imide groups is 1. The Bertz CT molecular complexity index is 2600. The fourth-order valence-electron chi connectivity index (χ4n) is 5.88. The molecular weight excluding hydrogens is 967 g/mol. The molecule has 65 heavy (non-hydrogen) atoms. The number of carbonyl (C=O) groups is 4. The van der Waals surface area contributed by atoms with Gasteiger partial charge in [-0.2, -0.15) is 22.9 Å². The van der Waals surface area contributed by atoms with E-state index >= 15 is 0 Å². The lowest BCUT2D eigenvalue weighted by molar-refractivity contribution is -0.146. The van der Waals surface area contributed by atoms with Crippen LogP contribution in [0.25, 0.3) is 5.78 Å². The molecule has 21 nitrogen and oxygen atoms in total. The van der Waals surface area contributed by atoms with Crippen LogP contribution in [0.2, 0.25) is 15.1 Å². The Morgan fingerprint density at radius 3 is 2.22 bits per heavy atom. The second-order valence-corrected chi connectivity index (χ2v) is 18.2. The van der Waals surface area contributed by atoms with E-state index in [0.717, 1.165) is 47.6 Å². The molecule has 354 valence electrons. The van der Waals surface area contributed by atoms with Crippen molar-refractivity contribution in [2.75, 3.05) is 49.9 Å². The molecule has 27 heteroatoms. The number of hydrogen-bond donors (Lipinski definition) is 5. The van der Waals surface area contributed by atoms with Crippen LogP contribution >= 0.6 is 42.4 Å². The number of esters is 1. The van der Waals surface area contributed by atoms with Crippen molar-refractivity contribution in [2.45, 2.75) is 63.9 Å². The number of carboxylic acid groups (broad SMARTS) is 1. The summed E-state index contributed by atoms with van der Waals surface area (Å²) in [5, 5.41) is 13.7. The highest BCUT2D eigenvalue weighted by Crippen LogP contribution is 2.40. The molecule has 0 spiro atoms. The fraction of sp³-hybridized carbons (Fsp3) is 0.395. The number of carboxylic acids is 1. The normalized spacial score (nSPS) is 13.7. The number of carbonyl (C=O) groups excluding carboxylic acids is 3. The molecule has 4 aromatic rings. The minimum Gasteiger partial charge on any atom is -0.481 e. The average Bonchev–Trinajstić information content (AvgIpc) is 3.80. The second kappa shape index (κ2) is 23.4.